The van der Waals surface area contributed by atoms with Gasteiger partial charge in [0, 0.05) is 0 Å². The Hall–Kier alpha value is -2.45. The SMILES string of the molecule is Cc1cc(S(=O)(=O)Nc2nncn2Cc2ccccc2)c(Cl)cc1F. The molecule has 0 fully saturated rings. The summed E-state index contributed by atoms with van der Waals surface area (Å²) in [6.07, 6.45) is 1.42. The van der Waals surface area contributed by atoms with Crippen molar-refractivity contribution in [2.75, 3.05) is 4.72 Å². The van der Waals surface area contributed by atoms with Gasteiger partial charge in [0.25, 0.3) is 10.0 Å². The Labute approximate surface area is 149 Å². The van der Waals surface area contributed by atoms with Crippen molar-refractivity contribution in [1.82, 2.24) is 14.8 Å². The monoisotopic (exact) mass is 380 g/mol. The number of anilines is 1. The predicted octanol–water partition coefficient (Wildman–Crippen LogP) is 3.23. The maximum Gasteiger partial charge on any atom is 0.265 e. The molecule has 0 spiro atoms. The number of hydrogen-bond acceptors (Lipinski definition) is 4. The van der Waals surface area contributed by atoms with Crippen molar-refractivity contribution < 1.29 is 12.8 Å². The second kappa shape index (κ2) is 6.81. The molecule has 2 aromatic carbocycles. The Kier molecular flexibility index (Phi) is 4.73. The molecular weight excluding hydrogens is 367 g/mol. The summed E-state index contributed by atoms with van der Waals surface area (Å²) in [5.74, 6) is -0.530. The molecule has 0 atom stereocenters. The smallest absolute Gasteiger partial charge is 0.265 e. The highest BCUT2D eigenvalue weighted by atomic mass is 35.5. The molecule has 0 saturated carbocycles. The lowest BCUT2D eigenvalue weighted by Crippen LogP contribution is -2.17. The van der Waals surface area contributed by atoms with Crippen LogP contribution < -0.4 is 4.72 Å². The van der Waals surface area contributed by atoms with Crippen molar-refractivity contribution in [3.05, 3.63) is 70.8 Å². The van der Waals surface area contributed by atoms with Gasteiger partial charge in [0.2, 0.25) is 5.95 Å². The van der Waals surface area contributed by atoms with Gasteiger partial charge >= 0.3 is 0 Å². The van der Waals surface area contributed by atoms with E-state index in [9.17, 15) is 12.8 Å². The molecule has 0 aliphatic heterocycles. The minimum atomic E-state index is -4.04. The van der Waals surface area contributed by atoms with Crippen molar-refractivity contribution in [2.24, 2.45) is 0 Å². The molecular formula is C16H14ClFN4O2S. The molecule has 0 bridgehead atoms. The number of sulfonamides is 1. The van der Waals surface area contributed by atoms with Crippen LogP contribution in [0.5, 0.6) is 0 Å². The molecule has 3 aromatic rings. The average molecular weight is 381 g/mol. The molecule has 1 N–H and O–H groups in total. The first-order chi connectivity index (χ1) is 11.9. The summed E-state index contributed by atoms with van der Waals surface area (Å²) >= 11 is 5.89. The summed E-state index contributed by atoms with van der Waals surface area (Å²) < 4.78 is 42.6. The van der Waals surface area contributed by atoms with Crippen LogP contribution in [0.3, 0.4) is 0 Å². The number of nitrogens with zero attached hydrogens (tertiary/aromatic N) is 3. The third-order valence-electron chi connectivity index (χ3n) is 3.54. The van der Waals surface area contributed by atoms with E-state index in [1.807, 2.05) is 30.3 Å². The third-order valence-corrected chi connectivity index (χ3v) is 5.33. The molecule has 1 aromatic heterocycles. The lowest BCUT2D eigenvalue weighted by Gasteiger charge is -2.11. The van der Waals surface area contributed by atoms with Crippen LogP contribution in [-0.4, -0.2) is 23.2 Å². The molecule has 6 nitrogen and oxygen atoms in total. The van der Waals surface area contributed by atoms with Gasteiger partial charge in [0.05, 0.1) is 11.6 Å². The lowest BCUT2D eigenvalue weighted by atomic mass is 10.2. The summed E-state index contributed by atoms with van der Waals surface area (Å²) in [5, 5.41) is 7.34. The van der Waals surface area contributed by atoms with Crippen molar-refractivity contribution in [1.29, 1.82) is 0 Å². The second-order valence-electron chi connectivity index (χ2n) is 5.41. The van der Waals surface area contributed by atoms with Gasteiger partial charge in [-0.15, -0.1) is 10.2 Å². The Balaban J connectivity index is 1.90. The van der Waals surface area contributed by atoms with Crippen molar-refractivity contribution in [3.8, 4) is 0 Å². The second-order valence-corrected chi connectivity index (χ2v) is 7.46. The van der Waals surface area contributed by atoms with E-state index in [0.717, 1.165) is 11.6 Å². The van der Waals surface area contributed by atoms with E-state index in [-0.39, 0.29) is 21.4 Å². The standard InChI is InChI=1S/C16H14ClFN4O2S/c1-11-7-15(13(17)8-14(11)18)25(23,24)21-16-20-19-10-22(16)9-12-5-3-2-4-6-12/h2-8,10H,9H2,1H3,(H,20,21). The maximum absolute atomic E-state index is 13.5. The van der Waals surface area contributed by atoms with E-state index >= 15 is 0 Å². The van der Waals surface area contributed by atoms with E-state index in [1.54, 1.807) is 4.57 Å². The van der Waals surface area contributed by atoms with Crippen molar-refractivity contribution in [3.63, 3.8) is 0 Å². The highest BCUT2D eigenvalue weighted by molar-refractivity contribution is 7.92. The van der Waals surface area contributed by atoms with Crippen molar-refractivity contribution >= 4 is 27.6 Å². The first-order valence-electron chi connectivity index (χ1n) is 7.27. The largest absolute Gasteiger partial charge is 0.295 e. The fourth-order valence-corrected chi connectivity index (χ4v) is 3.85. The van der Waals surface area contributed by atoms with Crippen LogP contribution in [0.1, 0.15) is 11.1 Å². The fraction of sp³-hybridized carbons (Fsp3) is 0.125. The van der Waals surface area contributed by atoms with E-state index < -0.39 is 15.8 Å². The van der Waals surface area contributed by atoms with Gasteiger partial charge in [0.1, 0.15) is 17.0 Å². The molecule has 9 heteroatoms. The normalized spacial score (nSPS) is 11.5. The minimum Gasteiger partial charge on any atom is -0.295 e. The summed E-state index contributed by atoms with van der Waals surface area (Å²) in [5.41, 5.74) is 1.13. The molecule has 0 amide bonds. The Morgan fingerprint density at radius 3 is 2.68 bits per heavy atom. The van der Waals surface area contributed by atoms with Crippen LogP contribution in [0.15, 0.2) is 53.7 Å². The van der Waals surface area contributed by atoms with E-state index in [2.05, 4.69) is 14.9 Å². The van der Waals surface area contributed by atoms with Crippen LogP contribution in [-0.2, 0) is 16.6 Å². The zero-order valence-corrected chi connectivity index (χ0v) is 14.7. The van der Waals surface area contributed by atoms with Gasteiger partial charge in [-0.1, -0.05) is 41.9 Å². The van der Waals surface area contributed by atoms with Gasteiger partial charge in [-0.2, -0.15) is 0 Å². The highest BCUT2D eigenvalue weighted by Crippen LogP contribution is 2.26. The summed E-state index contributed by atoms with van der Waals surface area (Å²) in [6, 6.07) is 11.6. The molecule has 0 aliphatic carbocycles. The predicted molar refractivity (Wildman–Crippen MR) is 92.5 cm³/mol. The average Bonchev–Trinajstić information content (AvgIpc) is 2.98. The Morgan fingerprint density at radius 2 is 1.96 bits per heavy atom. The highest BCUT2D eigenvalue weighted by Gasteiger charge is 2.22. The van der Waals surface area contributed by atoms with E-state index in [0.29, 0.717) is 6.54 Å². The Morgan fingerprint density at radius 1 is 1.24 bits per heavy atom. The van der Waals surface area contributed by atoms with Gasteiger partial charge in [-0.25, -0.2) is 17.5 Å². The molecule has 0 saturated heterocycles. The van der Waals surface area contributed by atoms with Crippen LogP contribution in [0, 0.1) is 12.7 Å². The van der Waals surface area contributed by atoms with Crippen LogP contribution in [0.25, 0.3) is 0 Å². The number of hydrogen-bond donors (Lipinski definition) is 1. The zero-order chi connectivity index (χ0) is 18.0. The van der Waals surface area contributed by atoms with E-state index in [4.69, 9.17) is 11.6 Å². The third kappa shape index (κ3) is 3.80. The molecule has 1 heterocycles. The van der Waals surface area contributed by atoms with Crippen LogP contribution in [0.2, 0.25) is 5.02 Å². The van der Waals surface area contributed by atoms with Gasteiger partial charge < -0.3 is 0 Å². The van der Waals surface area contributed by atoms with Crippen LogP contribution >= 0.6 is 11.6 Å². The molecule has 25 heavy (non-hydrogen) atoms. The maximum atomic E-state index is 13.5. The number of nitrogens with one attached hydrogen (secondary N) is 1. The minimum absolute atomic E-state index is 0.0434. The molecule has 0 unspecified atom stereocenters. The van der Waals surface area contributed by atoms with Gasteiger partial charge in [0.15, 0.2) is 0 Å². The van der Waals surface area contributed by atoms with Crippen LogP contribution in [0.4, 0.5) is 10.3 Å². The molecule has 0 radical (unpaired) electrons. The molecule has 0 aliphatic rings. The quantitative estimate of drug-likeness (QED) is 0.737. The molecule has 130 valence electrons. The Bertz CT molecular complexity index is 1010. The number of aryl methyl sites for hydroxylation is 1. The first-order valence-corrected chi connectivity index (χ1v) is 9.13. The molecule has 3 rings (SSSR count). The summed E-state index contributed by atoms with van der Waals surface area (Å²) in [4.78, 5) is -0.220. The van der Waals surface area contributed by atoms with Gasteiger partial charge in [-0.3, -0.25) is 4.57 Å². The van der Waals surface area contributed by atoms with Gasteiger partial charge in [-0.05, 0) is 30.2 Å². The number of rotatable bonds is 5. The number of halogens is 2. The zero-order valence-electron chi connectivity index (χ0n) is 13.1. The lowest BCUT2D eigenvalue weighted by molar-refractivity contribution is 0.597. The number of aromatic nitrogens is 3. The summed E-state index contributed by atoms with van der Waals surface area (Å²) in [6.45, 7) is 1.85. The number of benzene rings is 2. The first kappa shape index (κ1) is 17.4. The topological polar surface area (TPSA) is 76.9 Å². The summed E-state index contributed by atoms with van der Waals surface area (Å²) in [7, 11) is -4.04. The fourth-order valence-electron chi connectivity index (χ4n) is 2.24. The van der Waals surface area contributed by atoms with Crippen molar-refractivity contribution in [2.45, 2.75) is 18.4 Å². The van der Waals surface area contributed by atoms with E-state index in [1.165, 1.54) is 19.3 Å².